The molecule has 2 bridgehead atoms. The normalized spacial score (nSPS) is 33.2. The second-order valence-corrected chi connectivity index (χ2v) is 10.9. The molecule has 0 N–H and O–H groups in total. The Hall–Kier alpha value is -2.66. The van der Waals surface area contributed by atoms with Gasteiger partial charge >= 0.3 is 11.9 Å². The molecular weight excluding hydrogens is 416 g/mol. The summed E-state index contributed by atoms with van der Waals surface area (Å²) in [5, 5.41) is 0. The van der Waals surface area contributed by atoms with Crippen LogP contribution in [0.3, 0.4) is 0 Å². The highest BCUT2D eigenvalue weighted by Crippen LogP contribution is 2.64. The first-order chi connectivity index (χ1) is 15.7. The number of carbonyl (C=O) groups is 2. The van der Waals surface area contributed by atoms with E-state index in [-0.39, 0.29) is 24.0 Å². The van der Waals surface area contributed by atoms with Crippen LogP contribution >= 0.6 is 0 Å². The number of hydrogen-bond acceptors (Lipinski definition) is 5. The van der Waals surface area contributed by atoms with Crippen molar-refractivity contribution in [2.75, 3.05) is 0 Å². The largest absolute Gasteiger partial charge is 0.454 e. The topological polar surface area (TPSA) is 61.8 Å². The summed E-state index contributed by atoms with van der Waals surface area (Å²) in [7, 11) is 0. The van der Waals surface area contributed by atoms with E-state index < -0.39 is 35.0 Å². The second kappa shape index (κ2) is 7.98. The third-order valence-corrected chi connectivity index (χ3v) is 8.22. The molecule has 5 nitrogen and oxygen atoms in total. The molecule has 6 atom stereocenters. The number of esters is 2. The van der Waals surface area contributed by atoms with E-state index in [1.807, 2.05) is 36.4 Å². The molecule has 5 rings (SSSR count). The molecule has 0 aromatic heterocycles. The molecule has 2 heterocycles. The fourth-order valence-corrected chi connectivity index (χ4v) is 6.67. The first-order valence-electron chi connectivity index (χ1n) is 11.9. The Balaban J connectivity index is 1.53. The van der Waals surface area contributed by atoms with Crippen LogP contribution in [0.25, 0.3) is 0 Å². The van der Waals surface area contributed by atoms with E-state index in [4.69, 9.17) is 14.2 Å². The van der Waals surface area contributed by atoms with Crippen LogP contribution in [0, 0.1) is 22.7 Å². The predicted molar refractivity (Wildman–Crippen MR) is 124 cm³/mol. The molecule has 2 aliphatic heterocycles. The van der Waals surface area contributed by atoms with Gasteiger partial charge in [-0.1, -0.05) is 64.1 Å². The summed E-state index contributed by atoms with van der Waals surface area (Å²) in [5.74, 6) is -0.335. The highest BCUT2D eigenvalue weighted by atomic mass is 16.6. The second-order valence-electron chi connectivity index (χ2n) is 10.9. The van der Waals surface area contributed by atoms with Gasteiger partial charge in [-0.05, 0) is 48.9 Å². The minimum absolute atomic E-state index is 0.151. The van der Waals surface area contributed by atoms with Crippen molar-refractivity contribution in [1.29, 1.82) is 0 Å². The van der Waals surface area contributed by atoms with E-state index in [0.717, 1.165) is 12.8 Å². The van der Waals surface area contributed by atoms with Crippen LogP contribution < -0.4 is 0 Å². The van der Waals surface area contributed by atoms with Gasteiger partial charge in [0.2, 0.25) is 0 Å². The summed E-state index contributed by atoms with van der Waals surface area (Å²) in [4.78, 5) is 26.3. The summed E-state index contributed by atoms with van der Waals surface area (Å²) >= 11 is 0. The molecule has 2 aromatic rings. The van der Waals surface area contributed by atoms with E-state index >= 15 is 0 Å². The molecule has 0 amide bonds. The molecule has 174 valence electrons. The smallest absolute Gasteiger partial charge is 0.338 e. The van der Waals surface area contributed by atoms with E-state index in [2.05, 4.69) is 27.7 Å². The van der Waals surface area contributed by atoms with Crippen LogP contribution in [-0.4, -0.2) is 36.4 Å². The Morgan fingerprint density at radius 1 is 0.697 bits per heavy atom. The van der Waals surface area contributed by atoms with Gasteiger partial charge in [0, 0.05) is 10.8 Å². The van der Waals surface area contributed by atoms with Crippen LogP contribution in [0.4, 0.5) is 0 Å². The van der Waals surface area contributed by atoms with Crippen molar-refractivity contribution in [3.8, 4) is 0 Å². The molecule has 0 spiro atoms. The molecule has 2 aromatic carbocycles. The van der Waals surface area contributed by atoms with Crippen molar-refractivity contribution in [2.45, 2.75) is 65.0 Å². The third kappa shape index (κ3) is 3.57. The molecule has 33 heavy (non-hydrogen) atoms. The molecule has 6 unspecified atom stereocenters. The summed E-state index contributed by atoms with van der Waals surface area (Å²) < 4.78 is 18.8. The molecule has 2 saturated heterocycles. The lowest BCUT2D eigenvalue weighted by molar-refractivity contribution is -0.197. The fourth-order valence-electron chi connectivity index (χ4n) is 6.67. The predicted octanol–water partition coefficient (Wildman–Crippen LogP) is 5.30. The lowest BCUT2D eigenvalue weighted by Crippen LogP contribution is -2.65. The monoisotopic (exact) mass is 448 g/mol. The minimum atomic E-state index is -0.600. The third-order valence-electron chi connectivity index (χ3n) is 8.22. The van der Waals surface area contributed by atoms with Crippen LogP contribution in [0.15, 0.2) is 60.7 Å². The van der Waals surface area contributed by atoms with Gasteiger partial charge < -0.3 is 14.2 Å². The highest BCUT2D eigenvalue weighted by Gasteiger charge is 2.69. The number of carbonyl (C=O) groups excluding carboxylic acids is 2. The molecule has 3 fully saturated rings. The minimum Gasteiger partial charge on any atom is -0.454 e. The van der Waals surface area contributed by atoms with Gasteiger partial charge in [-0.25, -0.2) is 9.59 Å². The lowest BCUT2D eigenvalue weighted by atomic mass is 9.48. The number of hydrogen-bond donors (Lipinski definition) is 0. The SMILES string of the molecule is CC1(C)C(OC(=O)c2ccccc2)C(OC(=O)c2ccccc2)C(C)(C)C2C3CCC(O3)C21. The van der Waals surface area contributed by atoms with Crippen molar-refractivity contribution < 1.29 is 23.8 Å². The number of benzene rings is 2. The lowest BCUT2D eigenvalue weighted by Gasteiger charge is -2.58. The van der Waals surface area contributed by atoms with Gasteiger partial charge in [0.1, 0.15) is 12.2 Å². The van der Waals surface area contributed by atoms with Crippen molar-refractivity contribution in [3.63, 3.8) is 0 Å². The average molecular weight is 449 g/mol. The maximum atomic E-state index is 13.2. The molecule has 1 aliphatic carbocycles. The van der Waals surface area contributed by atoms with Gasteiger partial charge in [0.25, 0.3) is 0 Å². The zero-order chi connectivity index (χ0) is 23.4. The molecule has 5 heteroatoms. The van der Waals surface area contributed by atoms with Gasteiger partial charge in [0.15, 0.2) is 0 Å². The Kier molecular flexibility index (Phi) is 5.36. The summed E-state index contributed by atoms with van der Waals surface area (Å²) in [6.45, 7) is 8.54. The van der Waals surface area contributed by atoms with Crippen molar-refractivity contribution in [1.82, 2.24) is 0 Å². The van der Waals surface area contributed by atoms with Crippen LogP contribution in [-0.2, 0) is 14.2 Å². The number of rotatable bonds is 4. The average Bonchev–Trinajstić information content (AvgIpc) is 3.44. The molecule has 3 aliphatic rings. The van der Waals surface area contributed by atoms with E-state index in [1.54, 1.807) is 24.3 Å². The van der Waals surface area contributed by atoms with Crippen LogP contribution in [0.5, 0.6) is 0 Å². The first-order valence-corrected chi connectivity index (χ1v) is 11.9. The highest BCUT2D eigenvalue weighted by molar-refractivity contribution is 5.90. The van der Waals surface area contributed by atoms with E-state index in [0.29, 0.717) is 11.1 Å². The quantitative estimate of drug-likeness (QED) is 0.594. The molecular formula is C28H32O5. The van der Waals surface area contributed by atoms with Gasteiger partial charge in [-0.15, -0.1) is 0 Å². The summed E-state index contributed by atoms with van der Waals surface area (Å²) in [6.07, 6.45) is 1.16. The van der Waals surface area contributed by atoms with E-state index in [9.17, 15) is 9.59 Å². The molecule has 0 radical (unpaired) electrons. The Morgan fingerprint density at radius 2 is 1.06 bits per heavy atom. The number of ether oxygens (including phenoxy) is 3. The standard InChI is InChI=1S/C28H32O5/c1-27(2)21-19-15-16-20(31-19)22(21)28(3,4)24(33-26(30)18-13-9-6-10-14-18)23(27)32-25(29)17-11-7-5-8-12-17/h5-14,19-24H,15-16H2,1-4H3. The maximum Gasteiger partial charge on any atom is 0.338 e. The van der Waals surface area contributed by atoms with Crippen LogP contribution in [0.2, 0.25) is 0 Å². The molecule has 1 saturated carbocycles. The fraction of sp³-hybridized carbons (Fsp3) is 0.500. The number of fused-ring (bicyclic) bond motifs is 5. The Bertz CT molecular complexity index is 945. The zero-order valence-electron chi connectivity index (χ0n) is 19.7. The van der Waals surface area contributed by atoms with Crippen molar-refractivity contribution in [3.05, 3.63) is 71.8 Å². The zero-order valence-corrected chi connectivity index (χ0v) is 19.7. The van der Waals surface area contributed by atoms with Gasteiger partial charge in [0.05, 0.1) is 23.3 Å². The van der Waals surface area contributed by atoms with Gasteiger partial charge in [-0.2, -0.15) is 0 Å². The van der Waals surface area contributed by atoms with Gasteiger partial charge in [-0.3, -0.25) is 0 Å². The summed E-state index contributed by atoms with van der Waals surface area (Å²) in [6, 6.07) is 18.0. The first kappa shape index (κ1) is 22.1. The van der Waals surface area contributed by atoms with E-state index in [1.165, 1.54) is 0 Å². The maximum absolute atomic E-state index is 13.2. The van der Waals surface area contributed by atoms with Crippen LogP contribution in [0.1, 0.15) is 61.3 Å². The Labute approximate surface area is 195 Å². The Morgan fingerprint density at radius 3 is 1.42 bits per heavy atom. The van der Waals surface area contributed by atoms with Crippen molar-refractivity contribution in [2.24, 2.45) is 22.7 Å². The summed E-state index contributed by atoms with van der Waals surface area (Å²) in [5.41, 5.74) is 0.134. The van der Waals surface area contributed by atoms with Crippen molar-refractivity contribution >= 4 is 11.9 Å².